The molecule has 11 atom stereocenters. The van der Waals surface area contributed by atoms with Gasteiger partial charge in [0.05, 0.1) is 5.56 Å². The molecule has 5 aliphatic rings. The lowest BCUT2D eigenvalue weighted by molar-refractivity contribution is -0.143. The normalized spacial score (nSPS) is 45.0. The third-order valence-corrected chi connectivity index (χ3v) is 15.1. The van der Waals surface area contributed by atoms with E-state index >= 15 is 0 Å². The average molecular weight is 547 g/mol. The second kappa shape index (κ2) is 10.2. The Morgan fingerprint density at radius 3 is 2.35 bits per heavy atom. The second-order valence-corrected chi connectivity index (χ2v) is 16.4. The molecule has 5 saturated carbocycles. The van der Waals surface area contributed by atoms with Crippen molar-refractivity contribution in [3.63, 3.8) is 0 Å². The third-order valence-electron chi connectivity index (χ3n) is 15.1. The molecular weight excluding hydrogens is 488 g/mol. The zero-order chi connectivity index (χ0) is 28.5. The Morgan fingerprint density at radius 1 is 0.900 bits per heavy atom. The lowest BCUT2D eigenvalue weighted by Gasteiger charge is -2.62. The minimum absolute atomic E-state index is 0.0801. The Morgan fingerprint density at radius 2 is 1.65 bits per heavy atom. The van der Waals surface area contributed by atoms with E-state index in [9.17, 15) is 4.79 Å². The summed E-state index contributed by atoms with van der Waals surface area (Å²) in [5, 5.41) is 0. The highest BCUT2D eigenvalue weighted by atomic mass is 16.5. The molecule has 2 spiro atoms. The molecular formula is C38H58O2. The number of rotatable bonds is 8. The standard InChI is InChI=1S/C38H58O2/c1-8-28(25(2)3)15-14-26(4)30-18-20-36(7)33-17-16-31-27(5)32(40-34(39)29-12-10-9-11-13-29)19-21-37(31)24-38(33,37)23-22-35(30,36)6/h9-13,25-28,30-33H,8,14-24H2,1-7H3. The van der Waals surface area contributed by atoms with Gasteiger partial charge in [0.15, 0.2) is 0 Å². The van der Waals surface area contributed by atoms with Crippen molar-refractivity contribution in [1.82, 2.24) is 0 Å². The van der Waals surface area contributed by atoms with Crippen LogP contribution in [0.15, 0.2) is 30.3 Å². The quantitative estimate of drug-likeness (QED) is 0.303. The second-order valence-electron chi connectivity index (χ2n) is 16.4. The first-order valence-corrected chi connectivity index (χ1v) is 17.3. The summed E-state index contributed by atoms with van der Waals surface area (Å²) in [4.78, 5) is 12.9. The third kappa shape index (κ3) is 4.03. The van der Waals surface area contributed by atoms with Crippen molar-refractivity contribution in [3.05, 3.63) is 35.9 Å². The fourth-order valence-electron chi connectivity index (χ4n) is 12.6. The van der Waals surface area contributed by atoms with Gasteiger partial charge in [0.2, 0.25) is 0 Å². The summed E-state index contributed by atoms with van der Waals surface area (Å²) < 4.78 is 6.21. The summed E-state index contributed by atoms with van der Waals surface area (Å²) in [6.07, 6.45) is 16.7. The van der Waals surface area contributed by atoms with Crippen LogP contribution in [0.2, 0.25) is 0 Å². The van der Waals surface area contributed by atoms with Gasteiger partial charge in [0.25, 0.3) is 0 Å². The molecule has 222 valence electrons. The van der Waals surface area contributed by atoms with Gasteiger partial charge >= 0.3 is 5.97 Å². The molecule has 0 amide bonds. The first-order chi connectivity index (χ1) is 19.0. The molecule has 1 aromatic rings. The molecule has 0 saturated heterocycles. The Hall–Kier alpha value is -1.31. The highest BCUT2D eigenvalue weighted by molar-refractivity contribution is 5.89. The average Bonchev–Trinajstić information content (AvgIpc) is 3.52. The molecule has 0 aromatic heterocycles. The molecule has 0 radical (unpaired) electrons. The van der Waals surface area contributed by atoms with Crippen LogP contribution in [-0.2, 0) is 4.74 Å². The summed E-state index contributed by atoms with van der Waals surface area (Å²) in [7, 11) is 0. The van der Waals surface area contributed by atoms with Gasteiger partial charge in [-0.05, 0) is 139 Å². The molecule has 0 N–H and O–H groups in total. The number of fused-ring (bicyclic) bond motifs is 2. The van der Waals surface area contributed by atoms with E-state index in [-0.39, 0.29) is 12.1 Å². The van der Waals surface area contributed by atoms with E-state index in [4.69, 9.17) is 4.74 Å². The molecule has 6 rings (SSSR count). The van der Waals surface area contributed by atoms with E-state index in [1.807, 2.05) is 30.3 Å². The SMILES string of the molecule is CCC(CCC(C)C1CCC2(C)C3CCC4C(C)C(OC(=O)c5ccccc5)CCC45CC35CCC12C)C(C)C. The van der Waals surface area contributed by atoms with Crippen LogP contribution in [0.3, 0.4) is 0 Å². The first kappa shape index (κ1) is 28.8. The summed E-state index contributed by atoms with van der Waals surface area (Å²) in [6, 6.07) is 9.61. The van der Waals surface area contributed by atoms with E-state index in [1.54, 1.807) is 0 Å². The van der Waals surface area contributed by atoms with E-state index in [0.29, 0.717) is 33.1 Å². The molecule has 5 aliphatic carbocycles. The smallest absolute Gasteiger partial charge is 0.338 e. The predicted octanol–water partition coefficient (Wildman–Crippen LogP) is 10.4. The minimum atomic E-state index is -0.127. The van der Waals surface area contributed by atoms with Crippen LogP contribution < -0.4 is 0 Å². The van der Waals surface area contributed by atoms with Gasteiger partial charge in [-0.3, -0.25) is 0 Å². The number of carbonyl (C=O) groups is 1. The number of hydrogen-bond acceptors (Lipinski definition) is 2. The van der Waals surface area contributed by atoms with E-state index in [2.05, 4.69) is 48.5 Å². The molecule has 11 unspecified atom stereocenters. The van der Waals surface area contributed by atoms with Gasteiger partial charge in [0, 0.05) is 0 Å². The van der Waals surface area contributed by atoms with Gasteiger partial charge < -0.3 is 4.74 Å². The Bertz CT molecular complexity index is 1080. The Balaban J connectivity index is 1.16. The number of hydrogen-bond donors (Lipinski definition) is 0. The molecule has 1 aromatic carbocycles. The maximum Gasteiger partial charge on any atom is 0.338 e. The van der Waals surface area contributed by atoms with Crippen LogP contribution >= 0.6 is 0 Å². The minimum Gasteiger partial charge on any atom is -0.458 e. The Labute approximate surface area is 245 Å². The first-order valence-electron chi connectivity index (χ1n) is 17.3. The molecule has 0 bridgehead atoms. The number of carbonyl (C=O) groups excluding carboxylic acids is 1. The molecule has 5 fully saturated rings. The fraction of sp³-hybridized carbons (Fsp3) is 0.816. The monoisotopic (exact) mass is 546 g/mol. The fourth-order valence-corrected chi connectivity index (χ4v) is 12.6. The zero-order valence-corrected chi connectivity index (χ0v) is 26.8. The van der Waals surface area contributed by atoms with Crippen LogP contribution in [-0.4, -0.2) is 12.1 Å². The highest BCUT2D eigenvalue weighted by Crippen LogP contribution is 2.88. The topological polar surface area (TPSA) is 26.3 Å². The lowest BCUT2D eigenvalue weighted by atomic mass is 9.43. The molecule has 2 heteroatoms. The number of esters is 1. The van der Waals surface area contributed by atoms with Crippen molar-refractivity contribution in [3.8, 4) is 0 Å². The molecule has 40 heavy (non-hydrogen) atoms. The van der Waals surface area contributed by atoms with E-state index in [0.717, 1.165) is 41.9 Å². The van der Waals surface area contributed by atoms with Gasteiger partial charge in [-0.2, -0.15) is 0 Å². The summed E-state index contributed by atoms with van der Waals surface area (Å²) >= 11 is 0. The summed E-state index contributed by atoms with van der Waals surface area (Å²) in [5.41, 5.74) is 2.81. The molecule has 2 nitrogen and oxygen atoms in total. The van der Waals surface area contributed by atoms with Crippen molar-refractivity contribution in [1.29, 1.82) is 0 Å². The predicted molar refractivity (Wildman–Crippen MR) is 165 cm³/mol. The van der Waals surface area contributed by atoms with E-state index < -0.39 is 0 Å². The Kier molecular flexibility index (Phi) is 7.31. The van der Waals surface area contributed by atoms with Gasteiger partial charge in [0.1, 0.15) is 6.10 Å². The zero-order valence-electron chi connectivity index (χ0n) is 26.8. The van der Waals surface area contributed by atoms with Gasteiger partial charge in [-0.1, -0.05) is 79.5 Å². The van der Waals surface area contributed by atoms with Crippen molar-refractivity contribution < 1.29 is 9.53 Å². The number of ether oxygens (including phenoxy) is 1. The van der Waals surface area contributed by atoms with Crippen LogP contribution in [0.1, 0.15) is 136 Å². The summed E-state index contributed by atoms with van der Waals surface area (Å²) in [6.45, 7) is 17.8. The van der Waals surface area contributed by atoms with Crippen LogP contribution in [0, 0.1) is 63.1 Å². The highest BCUT2D eigenvalue weighted by Gasteiger charge is 2.81. The van der Waals surface area contributed by atoms with Crippen molar-refractivity contribution in [2.75, 3.05) is 0 Å². The van der Waals surface area contributed by atoms with Gasteiger partial charge in [-0.25, -0.2) is 4.79 Å². The lowest BCUT2D eigenvalue weighted by Crippen LogP contribution is -2.56. The van der Waals surface area contributed by atoms with Gasteiger partial charge in [-0.15, -0.1) is 0 Å². The maximum atomic E-state index is 12.9. The van der Waals surface area contributed by atoms with E-state index in [1.165, 1.54) is 70.6 Å². The van der Waals surface area contributed by atoms with Crippen LogP contribution in [0.25, 0.3) is 0 Å². The molecule has 0 aliphatic heterocycles. The van der Waals surface area contributed by atoms with Crippen molar-refractivity contribution >= 4 is 5.97 Å². The molecule has 0 heterocycles. The van der Waals surface area contributed by atoms with Crippen LogP contribution in [0.5, 0.6) is 0 Å². The summed E-state index contributed by atoms with van der Waals surface area (Å²) in [5.74, 6) is 5.45. The maximum absolute atomic E-state index is 12.9. The number of benzene rings is 1. The van der Waals surface area contributed by atoms with Crippen molar-refractivity contribution in [2.45, 2.75) is 132 Å². The largest absolute Gasteiger partial charge is 0.458 e. The van der Waals surface area contributed by atoms with Crippen LogP contribution in [0.4, 0.5) is 0 Å². The van der Waals surface area contributed by atoms with Crippen molar-refractivity contribution in [2.24, 2.45) is 63.1 Å².